The molecule has 1 aromatic heterocycles. The lowest BCUT2D eigenvalue weighted by Crippen LogP contribution is -2.49. The first-order valence-corrected chi connectivity index (χ1v) is 9.58. The van der Waals surface area contributed by atoms with Gasteiger partial charge < -0.3 is 4.90 Å². The molecule has 0 atom stereocenters. The highest BCUT2D eigenvalue weighted by Gasteiger charge is 2.30. The van der Waals surface area contributed by atoms with Crippen LogP contribution in [0.5, 0.6) is 0 Å². The first-order valence-electron chi connectivity index (χ1n) is 8.83. The Morgan fingerprint density at radius 2 is 1.62 bits per heavy atom. The molecule has 2 aromatic rings. The van der Waals surface area contributed by atoms with Crippen LogP contribution in [0.4, 0.5) is 17.6 Å². The third kappa shape index (κ3) is 5.21. The summed E-state index contributed by atoms with van der Waals surface area (Å²) in [6.45, 7) is 2.11. The van der Waals surface area contributed by atoms with Crippen LogP contribution in [0.1, 0.15) is 29.8 Å². The Morgan fingerprint density at radius 1 is 1.00 bits per heavy atom. The predicted octanol–water partition coefficient (Wildman–Crippen LogP) is 4.41. The molecule has 0 unspecified atom stereocenters. The van der Waals surface area contributed by atoms with Crippen LogP contribution in [0.2, 0.25) is 10.0 Å². The molecule has 2 heterocycles. The largest absolute Gasteiger partial charge is 0.339 e. The van der Waals surface area contributed by atoms with Crippen molar-refractivity contribution in [2.75, 3.05) is 26.2 Å². The van der Waals surface area contributed by atoms with Gasteiger partial charge in [0.15, 0.2) is 0 Å². The first kappa shape index (κ1) is 21.9. The fraction of sp³-hybridized carbons (Fsp3) is 0.444. The summed E-state index contributed by atoms with van der Waals surface area (Å²) in [7, 11) is 0. The smallest absolute Gasteiger partial charge is 0.283 e. The maximum absolute atomic E-state index is 13.2. The second-order valence-electron chi connectivity index (χ2n) is 6.63. The summed E-state index contributed by atoms with van der Waals surface area (Å²) in [6, 6.07) is 7.46. The van der Waals surface area contributed by atoms with E-state index in [0.29, 0.717) is 42.4 Å². The van der Waals surface area contributed by atoms with Crippen LogP contribution < -0.4 is 0 Å². The van der Waals surface area contributed by atoms with E-state index in [1.165, 1.54) is 4.90 Å². The molecule has 0 spiro atoms. The number of piperazine rings is 1. The van der Waals surface area contributed by atoms with Crippen molar-refractivity contribution in [3.8, 4) is 0 Å². The number of carbonyl (C=O) groups excluding carboxylic acids is 1. The molecule has 3 rings (SSSR count). The SMILES string of the molecule is O=C(Cn1nc(C(F)F)c(Cl)c1C(F)F)N1CCN(Cc2ccc(Cl)cc2)CC1. The van der Waals surface area contributed by atoms with E-state index in [1.54, 1.807) is 12.1 Å². The van der Waals surface area contributed by atoms with Crippen molar-refractivity contribution in [3.05, 3.63) is 51.3 Å². The van der Waals surface area contributed by atoms with Crippen LogP contribution in [0.3, 0.4) is 0 Å². The molecule has 5 nitrogen and oxygen atoms in total. The molecule has 1 saturated heterocycles. The van der Waals surface area contributed by atoms with E-state index in [0.717, 1.165) is 5.56 Å². The van der Waals surface area contributed by atoms with Gasteiger partial charge in [-0.15, -0.1) is 0 Å². The number of amides is 1. The molecule has 29 heavy (non-hydrogen) atoms. The Hall–Kier alpha value is -1.84. The number of halogens is 6. The molecule has 1 aromatic carbocycles. The van der Waals surface area contributed by atoms with Gasteiger partial charge in [-0.2, -0.15) is 5.10 Å². The van der Waals surface area contributed by atoms with Crippen LogP contribution in [0.25, 0.3) is 0 Å². The van der Waals surface area contributed by atoms with E-state index < -0.39 is 41.7 Å². The second kappa shape index (κ2) is 9.32. The third-order valence-corrected chi connectivity index (χ3v) is 5.34. The Labute approximate surface area is 174 Å². The minimum absolute atomic E-state index is 0.396. The molecule has 0 saturated carbocycles. The summed E-state index contributed by atoms with van der Waals surface area (Å²) in [5.74, 6) is -0.474. The number of alkyl halides is 4. The molecule has 1 fully saturated rings. The predicted molar refractivity (Wildman–Crippen MR) is 100 cm³/mol. The van der Waals surface area contributed by atoms with Gasteiger partial charge in [0.2, 0.25) is 5.91 Å². The zero-order valence-corrected chi connectivity index (χ0v) is 16.7. The maximum atomic E-state index is 13.2. The van der Waals surface area contributed by atoms with Gasteiger partial charge in [-0.3, -0.25) is 14.4 Å². The second-order valence-corrected chi connectivity index (χ2v) is 7.44. The van der Waals surface area contributed by atoms with Gasteiger partial charge in [0.25, 0.3) is 12.9 Å². The topological polar surface area (TPSA) is 41.4 Å². The Bertz CT molecular complexity index is 852. The van der Waals surface area contributed by atoms with E-state index in [9.17, 15) is 22.4 Å². The molecule has 0 aliphatic carbocycles. The normalized spacial score (nSPS) is 15.5. The molecule has 158 valence electrons. The van der Waals surface area contributed by atoms with Crippen molar-refractivity contribution < 1.29 is 22.4 Å². The fourth-order valence-electron chi connectivity index (χ4n) is 3.17. The highest BCUT2D eigenvalue weighted by Crippen LogP contribution is 2.34. The van der Waals surface area contributed by atoms with Crippen LogP contribution >= 0.6 is 23.2 Å². The number of carbonyl (C=O) groups is 1. The lowest BCUT2D eigenvalue weighted by Gasteiger charge is -2.34. The number of hydrogen-bond donors (Lipinski definition) is 0. The van der Waals surface area contributed by atoms with Crippen LogP contribution in [0.15, 0.2) is 24.3 Å². The molecule has 0 N–H and O–H groups in total. The summed E-state index contributed by atoms with van der Waals surface area (Å²) in [6.07, 6.45) is -6.22. The molecule has 0 radical (unpaired) electrons. The fourth-order valence-corrected chi connectivity index (χ4v) is 3.60. The van der Waals surface area contributed by atoms with E-state index in [4.69, 9.17) is 23.2 Å². The van der Waals surface area contributed by atoms with Gasteiger partial charge in [-0.25, -0.2) is 17.6 Å². The van der Waals surface area contributed by atoms with Gasteiger partial charge in [0.1, 0.15) is 17.9 Å². The zero-order chi connectivity index (χ0) is 21.1. The monoisotopic (exact) mass is 452 g/mol. The Morgan fingerprint density at radius 3 is 2.17 bits per heavy atom. The number of rotatable bonds is 6. The van der Waals surface area contributed by atoms with Gasteiger partial charge in [-0.1, -0.05) is 35.3 Å². The van der Waals surface area contributed by atoms with Crippen LogP contribution in [-0.4, -0.2) is 51.7 Å². The molecular weight excluding hydrogens is 435 g/mol. The summed E-state index contributed by atoms with van der Waals surface area (Å²) in [5, 5.41) is 3.29. The molecule has 0 bridgehead atoms. The lowest BCUT2D eigenvalue weighted by molar-refractivity contribution is -0.134. The average Bonchev–Trinajstić information content (AvgIpc) is 3.00. The molecule has 11 heteroatoms. The highest BCUT2D eigenvalue weighted by atomic mass is 35.5. The number of hydrogen-bond acceptors (Lipinski definition) is 3. The van der Waals surface area contributed by atoms with Crippen molar-refractivity contribution >= 4 is 29.1 Å². The van der Waals surface area contributed by atoms with E-state index >= 15 is 0 Å². The van der Waals surface area contributed by atoms with Gasteiger partial charge in [0, 0.05) is 37.7 Å². The van der Waals surface area contributed by atoms with E-state index in [1.807, 2.05) is 12.1 Å². The van der Waals surface area contributed by atoms with Crippen LogP contribution in [-0.2, 0) is 17.9 Å². The van der Waals surface area contributed by atoms with Crippen molar-refractivity contribution in [2.45, 2.75) is 25.9 Å². The quantitative estimate of drug-likeness (QED) is 0.609. The van der Waals surface area contributed by atoms with Crippen molar-refractivity contribution in [2.24, 2.45) is 0 Å². The van der Waals surface area contributed by atoms with Gasteiger partial charge in [-0.05, 0) is 17.7 Å². The van der Waals surface area contributed by atoms with Crippen molar-refractivity contribution in [1.29, 1.82) is 0 Å². The average molecular weight is 453 g/mol. The highest BCUT2D eigenvalue weighted by molar-refractivity contribution is 6.32. The van der Waals surface area contributed by atoms with Crippen molar-refractivity contribution in [3.63, 3.8) is 0 Å². The summed E-state index contributed by atoms with van der Waals surface area (Å²) < 4.78 is 52.8. The summed E-state index contributed by atoms with van der Waals surface area (Å²) in [4.78, 5) is 16.1. The summed E-state index contributed by atoms with van der Waals surface area (Å²) >= 11 is 11.5. The van der Waals surface area contributed by atoms with Crippen LogP contribution in [0, 0.1) is 0 Å². The lowest BCUT2D eigenvalue weighted by atomic mass is 10.2. The molecular formula is C18H18Cl2F4N4O. The first-order chi connectivity index (χ1) is 13.8. The minimum Gasteiger partial charge on any atom is -0.339 e. The van der Waals surface area contributed by atoms with E-state index in [2.05, 4.69) is 10.00 Å². The summed E-state index contributed by atoms with van der Waals surface area (Å²) in [5.41, 5.74) is -0.722. The van der Waals surface area contributed by atoms with Gasteiger partial charge >= 0.3 is 0 Å². The number of benzene rings is 1. The third-order valence-electron chi connectivity index (χ3n) is 4.70. The maximum Gasteiger partial charge on any atom is 0.283 e. The molecule has 1 aliphatic rings. The van der Waals surface area contributed by atoms with Gasteiger partial charge in [0.05, 0.1) is 5.02 Å². The zero-order valence-electron chi connectivity index (χ0n) is 15.2. The molecule has 1 aliphatic heterocycles. The minimum atomic E-state index is -3.12. The number of aromatic nitrogens is 2. The standard InChI is InChI=1S/C18H18Cl2F4N4O/c19-12-3-1-11(2-4-12)9-26-5-7-27(8-6-26)13(29)10-28-16(18(23)24)14(20)15(25-28)17(21)22/h1-4,17-18H,5-10H2. The molecule has 1 amide bonds. The van der Waals surface area contributed by atoms with Crippen molar-refractivity contribution in [1.82, 2.24) is 19.6 Å². The Kier molecular flexibility index (Phi) is 7.02. The van der Waals surface area contributed by atoms with E-state index in [-0.39, 0.29) is 0 Å². The Balaban J connectivity index is 1.60. The number of nitrogens with zero attached hydrogens (tertiary/aromatic N) is 4.